The zero-order valence-corrected chi connectivity index (χ0v) is 8.27. The molecule has 3 heteroatoms. The summed E-state index contributed by atoms with van der Waals surface area (Å²) in [7, 11) is 0. The maximum Gasteiger partial charge on any atom is 0.0449 e. The normalized spacial score (nSPS) is 11.6. The third-order valence-electron chi connectivity index (χ3n) is 1.30. The monoisotopic (exact) mass is 229 g/mol. The van der Waals surface area contributed by atoms with Gasteiger partial charge in [0.1, 0.15) is 0 Å². The summed E-state index contributed by atoms with van der Waals surface area (Å²) < 4.78 is 1.02. The topological polar surface area (TPSA) is 26.0 Å². The van der Waals surface area contributed by atoms with Gasteiger partial charge in [-0.3, -0.25) is 0 Å². The van der Waals surface area contributed by atoms with E-state index in [-0.39, 0.29) is 0 Å². The second-order valence-corrected chi connectivity index (χ2v) is 3.27. The smallest absolute Gasteiger partial charge is 0.0449 e. The fraction of sp³-hybridized carbons (Fsp3) is 0. The van der Waals surface area contributed by atoms with Crippen molar-refractivity contribution in [1.82, 2.24) is 0 Å². The minimum atomic E-state index is 0.676. The van der Waals surface area contributed by atoms with Crippen molar-refractivity contribution >= 4 is 34.3 Å². The standard InChI is InChI=1S/C8H8BrNS/c9-7-3-1-2-6(4-7)8(10)5-11/h1-5,11H,10H2/b8-5-. The van der Waals surface area contributed by atoms with Gasteiger partial charge in [0.05, 0.1) is 0 Å². The van der Waals surface area contributed by atoms with Crippen molar-refractivity contribution in [3.05, 3.63) is 39.7 Å². The van der Waals surface area contributed by atoms with Gasteiger partial charge in [-0.05, 0) is 23.1 Å². The van der Waals surface area contributed by atoms with E-state index in [1.165, 1.54) is 0 Å². The minimum Gasteiger partial charge on any atom is -0.398 e. The van der Waals surface area contributed by atoms with Crippen LogP contribution < -0.4 is 5.73 Å². The van der Waals surface area contributed by atoms with Crippen molar-refractivity contribution in [2.24, 2.45) is 5.73 Å². The van der Waals surface area contributed by atoms with Crippen LogP contribution in [0.5, 0.6) is 0 Å². The number of hydrogen-bond acceptors (Lipinski definition) is 2. The number of benzene rings is 1. The molecule has 2 N–H and O–H groups in total. The van der Waals surface area contributed by atoms with Crippen molar-refractivity contribution in [1.29, 1.82) is 0 Å². The fourth-order valence-electron chi connectivity index (χ4n) is 0.743. The first-order chi connectivity index (χ1) is 5.24. The van der Waals surface area contributed by atoms with Crippen LogP contribution in [0.3, 0.4) is 0 Å². The first kappa shape index (κ1) is 8.68. The largest absolute Gasteiger partial charge is 0.398 e. The number of thiol groups is 1. The molecule has 0 saturated carbocycles. The minimum absolute atomic E-state index is 0.676. The lowest BCUT2D eigenvalue weighted by molar-refractivity contribution is 1.51. The highest BCUT2D eigenvalue weighted by Crippen LogP contribution is 2.15. The molecule has 1 nitrogen and oxygen atoms in total. The Morgan fingerprint density at radius 1 is 1.55 bits per heavy atom. The molecule has 0 bridgehead atoms. The Balaban J connectivity index is 3.06. The van der Waals surface area contributed by atoms with Gasteiger partial charge in [-0.15, -0.1) is 12.6 Å². The molecule has 0 radical (unpaired) electrons. The third-order valence-corrected chi connectivity index (χ3v) is 2.07. The molecule has 0 aliphatic rings. The summed E-state index contributed by atoms with van der Waals surface area (Å²) in [5.41, 5.74) is 7.28. The van der Waals surface area contributed by atoms with Crippen molar-refractivity contribution in [3.8, 4) is 0 Å². The van der Waals surface area contributed by atoms with Crippen molar-refractivity contribution in [2.75, 3.05) is 0 Å². The SMILES string of the molecule is N/C(=C\S)c1cccc(Br)c1. The summed E-state index contributed by atoms with van der Waals surface area (Å²) in [5.74, 6) is 0. The van der Waals surface area contributed by atoms with Gasteiger partial charge in [0.25, 0.3) is 0 Å². The second-order valence-electron chi connectivity index (χ2n) is 2.09. The summed E-state index contributed by atoms with van der Waals surface area (Å²) in [4.78, 5) is 0. The average Bonchev–Trinajstić information content (AvgIpc) is 2.03. The van der Waals surface area contributed by atoms with Crippen molar-refractivity contribution < 1.29 is 0 Å². The summed E-state index contributed by atoms with van der Waals surface area (Å²) in [6, 6.07) is 7.77. The van der Waals surface area contributed by atoms with Gasteiger partial charge in [-0.25, -0.2) is 0 Å². The fourth-order valence-corrected chi connectivity index (χ4v) is 1.29. The van der Waals surface area contributed by atoms with Gasteiger partial charge in [-0.1, -0.05) is 28.1 Å². The summed E-state index contributed by atoms with van der Waals surface area (Å²) in [6.07, 6.45) is 0. The Labute approximate surface area is 79.8 Å². The van der Waals surface area contributed by atoms with Gasteiger partial charge in [-0.2, -0.15) is 0 Å². The van der Waals surface area contributed by atoms with Crippen LogP contribution in [-0.4, -0.2) is 0 Å². The van der Waals surface area contributed by atoms with E-state index in [1.54, 1.807) is 5.41 Å². The molecule has 0 saturated heterocycles. The van der Waals surface area contributed by atoms with Crippen LogP contribution in [0.15, 0.2) is 34.1 Å². The van der Waals surface area contributed by atoms with E-state index in [9.17, 15) is 0 Å². The van der Waals surface area contributed by atoms with Gasteiger partial charge >= 0.3 is 0 Å². The number of rotatable bonds is 1. The molecule has 0 amide bonds. The summed E-state index contributed by atoms with van der Waals surface area (Å²) in [6.45, 7) is 0. The van der Waals surface area contributed by atoms with Crippen molar-refractivity contribution in [2.45, 2.75) is 0 Å². The Kier molecular flexibility index (Phi) is 3.02. The van der Waals surface area contributed by atoms with E-state index in [1.807, 2.05) is 24.3 Å². The van der Waals surface area contributed by atoms with E-state index in [0.29, 0.717) is 5.70 Å². The molecule has 0 aromatic heterocycles. The van der Waals surface area contributed by atoms with Gasteiger partial charge in [0.15, 0.2) is 0 Å². The molecule has 1 aromatic carbocycles. The van der Waals surface area contributed by atoms with Gasteiger partial charge in [0, 0.05) is 10.2 Å². The molecule has 0 aliphatic heterocycles. The predicted molar refractivity (Wildman–Crippen MR) is 55.3 cm³/mol. The van der Waals surface area contributed by atoms with E-state index >= 15 is 0 Å². The number of halogens is 1. The van der Waals surface area contributed by atoms with E-state index in [0.717, 1.165) is 10.0 Å². The van der Waals surface area contributed by atoms with E-state index < -0.39 is 0 Å². The maximum absolute atomic E-state index is 5.63. The highest BCUT2D eigenvalue weighted by atomic mass is 79.9. The molecular formula is C8H8BrNS. The molecule has 0 fully saturated rings. The van der Waals surface area contributed by atoms with Crippen LogP contribution in [0, 0.1) is 0 Å². The first-order valence-corrected chi connectivity index (χ1v) is 4.41. The van der Waals surface area contributed by atoms with Crippen LogP contribution in [0.4, 0.5) is 0 Å². The quantitative estimate of drug-likeness (QED) is 0.712. The molecule has 1 aromatic rings. The number of hydrogen-bond donors (Lipinski definition) is 2. The Bertz CT molecular complexity index is 283. The van der Waals surface area contributed by atoms with Crippen molar-refractivity contribution in [3.63, 3.8) is 0 Å². The van der Waals surface area contributed by atoms with Gasteiger partial charge < -0.3 is 5.73 Å². The average molecular weight is 230 g/mol. The van der Waals surface area contributed by atoms with Crippen LogP contribution in [0.25, 0.3) is 5.70 Å². The van der Waals surface area contributed by atoms with Crippen LogP contribution in [0.2, 0.25) is 0 Å². The lowest BCUT2D eigenvalue weighted by Crippen LogP contribution is -1.94. The second kappa shape index (κ2) is 3.83. The highest BCUT2D eigenvalue weighted by molar-refractivity contribution is 9.10. The van der Waals surface area contributed by atoms with Gasteiger partial charge in [0.2, 0.25) is 0 Å². The predicted octanol–water partition coefficient (Wildman–Crippen LogP) is 2.64. The van der Waals surface area contributed by atoms with E-state index in [2.05, 4.69) is 28.6 Å². The zero-order chi connectivity index (χ0) is 8.27. The molecule has 58 valence electrons. The lowest BCUT2D eigenvalue weighted by atomic mass is 10.2. The van der Waals surface area contributed by atoms with E-state index in [4.69, 9.17) is 5.73 Å². The Hall–Kier alpha value is -0.410. The molecule has 1 rings (SSSR count). The molecule has 11 heavy (non-hydrogen) atoms. The Morgan fingerprint density at radius 2 is 2.27 bits per heavy atom. The molecule has 0 unspecified atom stereocenters. The van der Waals surface area contributed by atoms with Crippen LogP contribution in [-0.2, 0) is 0 Å². The lowest BCUT2D eigenvalue weighted by Gasteiger charge is -1.99. The Morgan fingerprint density at radius 3 is 2.82 bits per heavy atom. The number of nitrogens with two attached hydrogens (primary N) is 1. The molecule has 0 aliphatic carbocycles. The molecular weight excluding hydrogens is 222 g/mol. The van der Waals surface area contributed by atoms with Crippen LogP contribution in [0.1, 0.15) is 5.56 Å². The molecule has 0 atom stereocenters. The summed E-state index contributed by atoms with van der Waals surface area (Å²) >= 11 is 7.31. The highest BCUT2D eigenvalue weighted by Gasteiger charge is 1.94. The first-order valence-electron chi connectivity index (χ1n) is 3.10. The molecule has 0 spiro atoms. The maximum atomic E-state index is 5.63. The zero-order valence-electron chi connectivity index (χ0n) is 5.79. The molecule has 0 heterocycles. The third kappa shape index (κ3) is 2.27. The summed E-state index contributed by atoms with van der Waals surface area (Å²) in [5, 5.41) is 1.59. The van der Waals surface area contributed by atoms with Crippen LogP contribution >= 0.6 is 28.6 Å².